The molecule has 0 saturated heterocycles. The highest BCUT2D eigenvalue weighted by Gasteiger charge is 2.52. The Morgan fingerprint density at radius 1 is 1.11 bits per heavy atom. The van der Waals surface area contributed by atoms with Gasteiger partial charge in [-0.3, -0.25) is 4.79 Å². The standard InChI is InChI=1S/C18H20O10/c1-9(19)27-13-7-18(26,17(24)25)8-14(16(13)23)28-15(22)5-3-10-2-4-11(20)12(21)6-10/h2-6,13-14,16,20-21,23,26H,7-8H2,1H3,(H,24,25)/b5-3+/t13-,14-,16-,18+/m1/s1. The van der Waals surface area contributed by atoms with Crippen molar-refractivity contribution >= 4 is 24.0 Å². The number of rotatable bonds is 5. The number of ether oxygens (including phenoxy) is 2. The summed E-state index contributed by atoms with van der Waals surface area (Å²) in [4.78, 5) is 34.5. The molecule has 1 aliphatic rings. The fraction of sp³-hybridized carbons (Fsp3) is 0.389. The lowest BCUT2D eigenvalue weighted by Gasteiger charge is -2.40. The molecule has 5 N–H and O–H groups in total. The van der Waals surface area contributed by atoms with Crippen molar-refractivity contribution in [1.82, 2.24) is 0 Å². The van der Waals surface area contributed by atoms with Crippen molar-refractivity contribution in [1.29, 1.82) is 0 Å². The van der Waals surface area contributed by atoms with Crippen molar-refractivity contribution < 1.29 is 49.4 Å². The third-order valence-electron chi connectivity index (χ3n) is 4.23. The number of phenolic OH excluding ortho intramolecular Hbond substituents is 2. The van der Waals surface area contributed by atoms with Crippen LogP contribution in [0.3, 0.4) is 0 Å². The number of hydrogen-bond acceptors (Lipinski definition) is 9. The number of esters is 2. The minimum absolute atomic E-state index is 0.338. The fourth-order valence-corrected chi connectivity index (χ4v) is 2.84. The first kappa shape index (κ1) is 21.2. The number of aromatic hydroxyl groups is 2. The van der Waals surface area contributed by atoms with Crippen molar-refractivity contribution in [3.8, 4) is 11.5 Å². The maximum atomic E-state index is 12.0. The van der Waals surface area contributed by atoms with Crippen molar-refractivity contribution in [2.24, 2.45) is 0 Å². The van der Waals surface area contributed by atoms with Crippen LogP contribution in [-0.4, -0.2) is 67.4 Å². The Balaban J connectivity index is 2.13. The summed E-state index contributed by atoms with van der Waals surface area (Å²) >= 11 is 0. The third kappa shape index (κ3) is 4.99. The van der Waals surface area contributed by atoms with Gasteiger partial charge in [-0.25, -0.2) is 9.59 Å². The summed E-state index contributed by atoms with van der Waals surface area (Å²) in [6, 6.07) is 3.81. The number of carboxylic acids is 1. The van der Waals surface area contributed by atoms with E-state index in [1.54, 1.807) is 0 Å². The Hall–Kier alpha value is -3.11. The summed E-state index contributed by atoms with van der Waals surface area (Å²) in [5.74, 6) is -4.10. The molecule has 28 heavy (non-hydrogen) atoms. The molecule has 1 aromatic rings. The zero-order chi connectivity index (χ0) is 21.1. The van der Waals surface area contributed by atoms with E-state index in [1.807, 2.05) is 0 Å². The second-order valence-electron chi connectivity index (χ2n) is 6.44. The Bertz CT molecular complexity index is 802. The number of aliphatic hydroxyl groups excluding tert-OH is 1. The van der Waals surface area contributed by atoms with Gasteiger partial charge in [-0.15, -0.1) is 0 Å². The molecule has 0 aliphatic heterocycles. The average molecular weight is 396 g/mol. The third-order valence-corrected chi connectivity index (χ3v) is 4.23. The summed E-state index contributed by atoms with van der Waals surface area (Å²) in [5.41, 5.74) is -1.99. The van der Waals surface area contributed by atoms with Gasteiger partial charge in [0.05, 0.1) is 0 Å². The molecule has 1 fully saturated rings. The molecule has 152 valence electrons. The van der Waals surface area contributed by atoms with Crippen LogP contribution in [0.4, 0.5) is 0 Å². The molecule has 0 spiro atoms. The van der Waals surface area contributed by atoms with Crippen LogP contribution in [-0.2, 0) is 23.9 Å². The van der Waals surface area contributed by atoms with Gasteiger partial charge in [0.25, 0.3) is 0 Å². The van der Waals surface area contributed by atoms with Gasteiger partial charge in [-0.05, 0) is 23.8 Å². The molecule has 0 unspecified atom stereocenters. The van der Waals surface area contributed by atoms with E-state index in [2.05, 4.69) is 0 Å². The Morgan fingerprint density at radius 3 is 2.25 bits per heavy atom. The largest absolute Gasteiger partial charge is 0.504 e. The van der Waals surface area contributed by atoms with Crippen molar-refractivity contribution in [3.05, 3.63) is 29.8 Å². The number of benzene rings is 1. The number of carbonyl (C=O) groups is 3. The minimum atomic E-state index is -2.35. The summed E-state index contributed by atoms with van der Waals surface area (Å²) in [7, 11) is 0. The molecule has 0 bridgehead atoms. The maximum absolute atomic E-state index is 12.0. The van der Waals surface area contributed by atoms with E-state index in [0.717, 1.165) is 13.0 Å². The Morgan fingerprint density at radius 2 is 1.71 bits per heavy atom. The van der Waals surface area contributed by atoms with Gasteiger partial charge >= 0.3 is 17.9 Å². The molecule has 0 radical (unpaired) electrons. The second kappa shape index (κ2) is 8.28. The minimum Gasteiger partial charge on any atom is -0.504 e. The molecular formula is C18H20O10. The van der Waals surface area contributed by atoms with Crippen LogP contribution in [0.5, 0.6) is 11.5 Å². The quantitative estimate of drug-likeness (QED) is 0.258. The van der Waals surface area contributed by atoms with Gasteiger partial charge < -0.3 is 35.0 Å². The van der Waals surface area contributed by atoms with Crippen LogP contribution >= 0.6 is 0 Å². The lowest BCUT2D eigenvalue weighted by Crippen LogP contribution is -2.58. The molecule has 4 atom stereocenters. The molecule has 1 saturated carbocycles. The van der Waals surface area contributed by atoms with E-state index in [0.29, 0.717) is 5.56 Å². The monoisotopic (exact) mass is 396 g/mol. The van der Waals surface area contributed by atoms with Crippen LogP contribution in [0, 0.1) is 0 Å². The van der Waals surface area contributed by atoms with E-state index >= 15 is 0 Å². The molecule has 0 heterocycles. The maximum Gasteiger partial charge on any atom is 0.335 e. The van der Waals surface area contributed by atoms with Crippen molar-refractivity contribution in [3.63, 3.8) is 0 Å². The van der Waals surface area contributed by atoms with Gasteiger partial charge in [0, 0.05) is 25.8 Å². The molecule has 0 aromatic heterocycles. The molecule has 10 heteroatoms. The first-order chi connectivity index (χ1) is 13.0. The predicted molar refractivity (Wildman–Crippen MR) is 92.1 cm³/mol. The Kier molecular flexibility index (Phi) is 6.26. The van der Waals surface area contributed by atoms with Gasteiger partial charge in [0.15, 0.2) is 17.1 Å². The number of aliphatic carboxylic acids is 1. The summed E-state index contributed by atoms with van der Waals surface area (Å²) < 4.78 is 9.88. The smallest absolute Gasteiger partial charge is 0.335 e. The molecule has 1 aromatic carbocycles. The number of carbonyl (C=O) groups excluding carboxylic acids is 2. The topological polar surface area (TPSA) is 171 Å². The van der Waals surface area contributed by atoms with Gasteiger partial charge in [-0.1, -0.05) is 6.07 Å². The predicted octanol–water partition coefficient (Wildman–Crippen LogP) is -0.0751. The molecular weight excluding hydrogens is 376 g/mol. The lowest BCUT2D eigenvalue weighted by molar-refractivity contribution is -0.204. The van der Waals surface area contributed by atoms with E-state index in [-0.39, 0.29) is 5.75 Å². The lowest BCUT2D eigenvalue weighted by atomic mass is 9.79. The summed E-state index contributed by atoms with van der Waals surface area (Å²) in [6.45, 7) is 1.05. The first-order valence-corrected chi connectivity index (χ1v) is 8.23. The van der Waals surface area contributed by atoms with Crippen LogP contribution in [0.25, 0.3) is 6.08 Å². The normalized spacial score (nSPS) is 27.3. The van der Waals surface area contributed by atoms with Crippen molar-refractivity contribution in [2.45, 2.75) is 43.7 Å². The number of phenols is 2. The van der Waals surface area contributed by atoms with Crippen LogP contribution < -0.4 is 0 Å². The van der Waals surface area contributed by atoms with Crippen molar-refractivity contribution in [2.75, 3.05) is 0 Å². The van der Waals surface area contributed by atoms with E-state index < -0.39 is 60.4 Å². The zero-order valence-electron chi connectivity index (χ0n) is 14.8. The zero-order valence-corrected chi connectivity index (χ0v) is 14.8. The first-order valence-electron chi connectivity index (χ1n) is 8.23. The van der Waals surface area contributed by atoms with Gasteiger partial charge in [-0.2, -0.15) is 0 Å². The number of aliphatic hydroxyl groups is 2. The molecule has 1 aliphatic carbocycles. The fourth-order valence-electron chi connectivity index (χ4n) is 2.84. The van der Waals surface area contributed by atoms with Gasteiger partial charge in [0.2, 0.25) is 0 Å². The SMILES string of the molecule is CC(=O)O[C@@H]1C[C@@](O)(C(=O)O)C[C@@H](OC(=O)/C=C/c2ccc(O)c(O)c2)[C@@H]1O. The van der Waals surface area contributed by atoms with Crippen LogP contribution in [0.1, 0.15) is 25.3 Å². The molecule has 0 amide bonds. The number of hydrogen-bond donors (Lipinski definition) is 5. The second-order valence-corrected chi connectivity index (χ2v) is 6.44. The van der Waals surface area contributed by atoms with E-state index in [4.69, 9.17) is 9.47 Å². The van der Waals surface area contributed by atoms with E-state index in [9.17, 15) is 39.9 Å². The van der Waals surface area contributed by atoms with Crippen LogP contribution in [0.2, 0.25) is 0 Å². The van der Waals surface area contributed by atoms with Crippen LogP contribution in [0.15, 0.2) is 24.3 Å². The summed E-state index contributed by atoms with van der Waals surface area (Å²) in [6.07, 6.45) is -3.29. The highest BCUT2D eigenvalue weighted by Crippen LogP contribution is 2.33. The Labute approximate surface area is 159 Å². The van der Waals surface area contributed by atoms with E-state index in [1.165, 1.54) is 24.3 Å². The highest BCUT2D eigenvalue weighted by atomic mass is 16.6. The summed E-state index contributed by atoms with van der Waals surface area (Å²) in [5, 5.41) is 48.4. The highest BCUT2D eigenvalue weighted by molar-refractivity contribution is 5.87. The van der Waals surface area contributed by atoms with Gasteiger partial charge in [0.1, 0.15) is 18.3 Å². The molecule has 10 nitrogen and oxygen atoms in total. The molecule has 2 rings (SSSR count). The number of carboxylic acid groups (broad SMARTS) is 1. The average Bonchev–Trinajstić information content (AvgIpc) is 2.59.